The minimum absolute atomic E-state index is 0.179. The Hall–Kier alpha value is -0.910. The number of hydrogen-bond donors (Lipinski definition) is 2. The maximum absolute atomic E-state index is 5.60. The Kier molecular flexibility index (Phi) is 6.18. The minimum atomic E-state index is 0.179. The molecular formula is C12H24N4O. The Morgan fingerprint density at radius 2 is 2.29 bits per heavy atom. The van der Waals surface area contributed by atoms with Crippen LogP contribution in [0.3, 0.4) is 0 Å². The van der Waals surface area contributed by atoms with Gasteiger partial charge in [-0.25, -0.2) is 0 Å². The summed E-state index contributed by atoms with van der Waals surface area (Å²) in [5.41, 5.74) is 4.08. The predicted molar refractivity (Wildman–Crippen MR) is 68.3 cm³/mol. The highest BCUT2D eigenvalue weighted by Crippen LogP contribution is 2.12. The summed E-state index contributed by atoms with van der Waals surface area (Å²) >= 11 is 0. The number of aromatic nitrogens is 2. The van der Waals surface area contributed by atoms with Crippen molar-refractivity contribution in [3.63, 3.8) is 0 Å². The Balaban J connectivity index is 2.49. The molecule has 5 nitrogen and oxygen atoms in total. The van der Waals surface area contributed by atoms with Gasteiger partial charge in [-0.1, -0.05) is 13.3 Å². The monoisotopic (exact) mass is 240 g/mol. The van der Waals surface area contributed by atoms with Crippen molar-refractivity contribution in [1.82, 2.24) is 15.2 Å². The first kappa shape index (κ1) is 14.2. The van der Waals surface area contributed by atoms with E-state index in [1.54, 1.807) is 7.11 Å². The summed E-state index contributed by atoms with van der Waals surface area (Å²) in [6, 6.07) is 2.23. The molecule has 5 heteroatoms. The number of rotatable bonds is 8. The van der Waals surface area contributed by atoms with Gasteiger partial charge in [0, 0.05) is 32.1 Å². The fourth-order valence-corrected chi connectivity index (χ4v) is 2.09. The van der Waals surface area contributed by atoms with Gasteiger partial charge in [0.2, 0.25) is 0 Å². The molecule has 0 aromatic carbocycles. The normalized spacial score (nSPS) is 14.8. The molecular weight excluding hydrogens is 216 g/mol. The number of aryl methyl sites for hydroxylation is 2. The van der Waals surface area contributed by atoms with E-state index in [0.29, 0.717) is 0 Å². The molecule has 0 aliphatic carbocycles. The first-order chi connectivity index (χ1) is 8.22. The molecule has 2 atom stereocenters. The molecule has 0 bridgehead atoms. The molecule has 2 unspecified atom stereocenters. The molecule has 0 saturated carbocycles. The second kappa shape index (κ2) is 7.42. The van der Waals surface area contributed by atoms with E-state index in [0.717, 1.165) is 25.7 Å². The van der Waals surface area contributed by atoms with Gasteiger partial charge in [-0.15, -0.1) is 0 Å². The summed E-state index contributed by atoms with van der Waals surface area (Å²) in [4.78, 5) is 0. The maximum atomic E-state index is 5.60. The molecule has 0 fully saturated rings. The first-order valence-corrected chi connectivity index (χ1v) is 6.18. The molecule has 0 spiro atoms. The van der Waals surface area contributed by atoms with Crippen molar-refractivity contribution in [1.29, 1.82) is 0 Å². The lowest BCUT2D eigenvalue weighted by Gasteiger charge is -2.25. The molecule has 1 heterocycles. The number of ether oxygens (including phenoxy) is 1. The van der Waals surface area contributed by atoms with Gasteiger partial charge in [-0.05, 0) is 25.3 Å². The largest absolute Gasteiger partial charge is 0.380 e. The Morgan fingerprint density at radius 3 is 2.76 bits per heavy atom. The summed E-state index contributed by atoms with van der Waals surface area (Å²) in [5.74, 6) is 5.60. The van der Waals surface area contributed by atoms with Gasteiger partial charge in [0.25, 0.3) is 0 Å². The average molecular weight is 240 g/mol. The Labute approximate surface area is 103 Å². The van der Waals surface area contributed by atoms with Crippen LogP contribution in [0.5, 0.6) is 0 Å². The van der Waals surface area contributed by atoms with Crippen molar-refractivity contribution in [2.45, 2.75) is 44.8 Å². The van der Waals surface area contributed by atoms with Crippen LogP contribution in [0.25, 0.3) is 0 Å². The summed E-state index contributed by atoms with van der Waals surface area (Å²) < 4.78 is 7.38. The van der Waals surface area contributed by atoms with E-state index in [-0.39, 0.29) is 12.1 Å². The molecule has 0 amide bonds. The lowest BCUT2D eigenvalue weighted by molar-refractivity contribution is 0.0581. The van der Waals surface area contributed by atoms with E-state index >= 15 is 0 Å². The van der Waals surface area contributed by atoms with Crippen LogP contribution in [0.4, 0.5) is 0 Å². The molecule has 0 aliphatic heterocycles. The van der Waals surface area contributed by atoms with Crippen molar-refractivity contribution in [3.05, 3.63) is 18.0 Å². The van der Waals surface area contributed by atoms with Gasteiger partial charge in [-0.2, -0.15) is 5.10 Å². The van der Waals surface area contributed by atoms with Crippen molar-refractivity contribution in [3.8, 4) is 0 Å². The van der Waals surface area contributed by atoms with Crippen LogP contribution in [-0.2, 0) is 18.2 Å². The topological polar surface area (TPSA) is 65.1 Å². The molecule has 0 radical (unpaired) electrons. The van der Waals surface area contributed by atoms with E-state index in [1.807, 2.05) is 24.0 Å². The minimum Gasteiger partial charge on any atom is -0.380 e. The van der Waals surface area contributed by atoms with Crippen LogP contribution in [0, 0.1) is 0 Å². The zero-order valence-corrected chi connectivity index (χ0v) is 11.0. The van der Waals surface area contributed by atoms with Crippen molar-refractivity contribution in [2.24, 2.45) is 12.9 Å². The summed E-state index contributed by atoms with van der Waals surface area (Å²) in [6.07, 6.45) is 6.03. The quantitative estimate of drug-likeness (QED) is 0.525. The van der Waals surface area contributed by atoms with Crippen LogP contribution in [-0.4, -0.2) is 29.0 Å². The fraction of sp³-hybridized carbons (Fsp3) is 0.750. The van der Waals surface area contributed by atoms with Crippen LogP contribution in [0.1, 0.15) is 31.9 Å². The van der Waals surface area contributed by atoms with Gasteiger partial charge in [-0.3, -0.25) is 16.0 Å². The SMILES string of the molecule is CCCC(OC)C(CCc1ccnn1C)NN. The summed E-state index contributed by atoms with van der Waals surface area (Å²) in [5, 5.41) is 4.16. The third kappa shape index (κ3) is 4.11. The molecule has 3 N–H and O–H groups in total. The van der Waals surface area contributed by atoms with Crippen LogP contribution in [0.15, 0.2) is 12.3 Å². The average Bonchev–Trinajstić information content (AvgIpc) is 2.74. The third-order valence-electron chi connectivity index (χ3n) is 3.17. The Bertz CT molecular complexity index is 313. The number of nitrogens with zero attached hydrogens (tertiary/aromatic N) is 2. The smallest absolute Gasteiger partial charge is 0.0737 e. The number of hydrogen-bond acceptors (Lipinski definition) is 4. The lowest BCUT2D eigenvalue weighted by atomic mass is 10.0. The molecule has 1 rings (SSSR count). The fourth-order valence-electron chi connectivity index (χ4n) is 2.09. The Morgan fingerprint density at radius 1 is 1.53 bits per heavy atom. The molecule has 1 aromatic rings. The van der Waals surface area contributed by atoms with Gasteiger partial charge in [0.15, 0.2) is 0 Å². The zero-order valence-electron chi connectivity index (χ0n) is 11.0. The summed E-state index contributed by atoms with van der Waals surface area (Å²) in [6.45, 7) is 2.15. The zero-order chi connectivity index (χ0) is 12.7. The number of nitrogens with two attached hydrogens (primary N) is 1. The van der Waals surface area contributed by atoms with Gasteiger partial charge in [0.1, 0.15) is 0 Å². The molecule has 98 valence electrons. The number of hydrazine groups is 1. The number of methoxy groups -OCH3 is 1. The maximum Gasteiger partial charge on any atom is 0.0737 e. The van der Waals surface area contributed by atoms with Crippen molar-refractivity contribution in [2.75, 3.05) is 7.11 Å². The predicted octanol–water partition coefficient (Wildman–Crippen LogP) is 1.000. The van der Waals surface area contributed by atoms with E-state index < -0.39 is 0 Å². The highest BCUT2D eigenvalue weighted by molar-refractivity contribution is 5.00. The molecule has 1 aromatic heterocycles. The van der Waals surface area contributed by atoms with Crippen LogP contribution in [0.2, 0.25) is 0 Å². The standard InChI is InChI=1S/C12H24N4O/c1-4-5-12(17-3)11(15-13)7-6-10-8-9-14-16(10)2/h8-9,11-12,15H,4-7,13H2,1-3H3. The summed E-state index contributed by atoms with van der Waals surface area (Å²) in [7, 11) is 3.70. The molecule has 0 saturated heterocycles. The van der Waals surface area contributed by atoms with E-state index in [4.69, 9.17) is 10.6 Å². The van der Waals surface area contributed by atoms with Gasteiger partial charge in [0.05, 0.1) is 6.10 Å². The van der Waals surface area contributed by atoms with E-state index in [9.17, 15) is 0 Å². The van der Waals surface area contributed by atoms with Crippen molar-refractivity contribution >= 4 is 0 Å². The highest BCUT2D eigenvalue weighted by atomic mass is 16.5. The first-order valence-electron chi connectivity index (χ1n) is 6.18. The third-order valence-corrected chi connectivity index (χ3v) is 3.17. The molecule has 0 aliphatic rings. The van der Waals surface area contributed by atoms with E-state index in [1.165, 1.54) is 5.69 Å². The lowest BCUT2D eigenvalue weighted by Crippen LogP contribution is -2.45. The highest BCUT2D eigenvalue weighted by Gasteiger charge is 2.19. The van der Waals surface area contributed by atoms with Gasteiger partial charge >= 0.3 is 0 Å². The van der Waals surface area contributed by atoms with Crippen LogP contribution >= 0.6 is 0 Å². The van der Waals surface area contributed by atoms with Gasteiger partial charge < -0.3 is 4.74 Å². The van der Waals surface area contributed by atoms with Crippen molar-refractivity contribution < 1.29 is 4.74 Å². The second-order valence-electron chi connectivity index (χ2n) is 4.32. The van der Waals surface area contributed by atoms with E-state index in [2.05, 4.69) is 17.4 Å². The van der Waals surface area contributed by atoms with Crippen LogP contribution < -0.4 is 11.3 Å². The second-order valence-corrected chi connectivity index (χ2v) is 4.32. The number of nitrogens with one attached hydrogen (secondary N) is 1. The molecule has 17 heavy (non-hydrogen) atoms.